The maximum atomic E-state index is 12.5. The van der Waals surface area contributed by atoms with Crippen molar-refractivity contribution in [1.82, 2.24) is 10.1 Å². The second kappa shape index (κ2) is 8.21. The second-order valence-electron chi connectivity index (χ2n) is 6.87. The molecule has 0 aliphatic rings. The molecule has 0 fully saturated rings. The number of methoxy groups -OCH3 is 1. The van der Waals surface area contributed by atoms with Crippen LogP contribution >= 0.6 is 0 Å². The minimum absolute atomic E-state index is 0.237. The van der Waals surface area contributed by atoms with E-state index in [-0.39, 0.29) is 5.91 Å². The molecule has 0 spiro atoms. The summed E-state index contributed by atoms with van der Waals surface area (Å²) in [5, 5.41) is 6.71. The summed E-state index contributed by atoms with van der Waals surface area (Å²) in [5.74, 6) is 1.07. The summed E-state index contributed by atoms with van der Waals surface area (Å²) < 4.78 is 10.3. The second-order valence-corrected chi connectivity index (χ2v) is 6.87. The highest BCUT2D eigenvalue weighted by molar-refractivity contribution is 6.05. The van der Waals surface area contributed by atoms with Crippen molar-refractivity contribution < 1.29 is 14.1 Å². The summed E-state index contributed by atoms with van der Waals surface area (Å²) in [7, 11) is 1.65. The maximum Gasteiger partial charge on any atom is 0.261 e. The summed E-state index contributed by atoms with van der Waals surface area (Å²) in [5.41, 5.74) is 5.43. The van der Waals surface area contributed by atoms with Gasteiger partial charge >= 0.3 is 0 Å². The van der Waals surface area contributed by atoms with Crippen molar-refractivity contribution in [2.24, 2.45) is 0 Å². The average molecular weight is 399 g/mol. The third kappa shape index (κ3) is 3.93. The number of rotatable bonds is 5. The third-order valence-electron chi connectivity index (χ3n) is 4.83. The van der Waals surface area contributed by atoms with Crippen LogP contribution in [0, 0.1) is 13.8 Å². The van der Waals surface area contributed by atoms with Gasteiger partial charge in [0.15, 0.2) is 0 Å². The summed E-state index contributed by atoms with van der Waals surface area (Å²) in [4.78, 5) is 17.3. The van der Waals surface area contributed by atoms with Crippen LogP contribution < -0.4 is 10.1 Å². The van der Waals surface area contributed by atoms with Gasteiger partial charge in [0.1, 0.15) is 17.1 Å². The molecule has 0 saturated carbocycles. The Bertz CT molecular complexity index is 1160. The number of anilines is 1. The molecule has 4 aromatic rings. The molecule has 6 nitrogen and oxygen atoms in total. The lowest BCUT2D eigenvalue weighted by Crippen LogP contribution is -2.13. The molecule has 1 amide bonds. The van der Waals surface area contributed by atoms with E-state index in [1.807, 2.05) is 66.7 Å². The van der Waals surface area contributed by atoms with Gasteiger partial charge in [0.2, 0.25) is 0 Å². The Morgan fingerprint density at radius 2 is 1.50 bits per heavy atom. The van der Waals surface area contributed by atoms with Crippen LogP contribution in [0.1, 0.15) is 21.8 Å². The van der Waals surface area contributed by atoms with Gasteiger partial charge in [-0.05, 0) is 62.4 Å². The van der Waals surface area contributed by atoms with Gasteiger partial charge in [-0.25, -0.2) is 4.98 Å². The third-order valence-corrected chi connectivity index (χ3v) is 4.83. The summed E-state index contributed by atoms with van der Waals surface area (Å²) in [6, 6.07) is 21.3. The van der Waals surface area contributed by atoms with Gasteiger partial charge in [-0.15, -0.1) is 0 Å². The van der Waals surface area contributed by atoms with Gasteiger partial charge in [-0.3, -0.25) is 4.79 Å². The molecule has 1 N–H and O–H groups in total. The molecule has 0 atom stereocenters. The number of carbonyl (C=O) groups is 1. The van der Waals surface area contributed by atoms with Gasteiger partial charge < -0.3 is 14.6 Å². The zero-order valence-electron chi connectivity index (χ0n) is 17.0. The number of hydrogen-bond donors (Lipinski definition) is 1. The van der Waals surface area contributed by atoms with Crippen LogP contribution in [0.15, 0.2) is 71.3 Å². The lowest BCUT2D eigenvalue weighted by molar-refractivity contribution is 0.102. The molecule has 0 unspecified atom stereocenters. The van der Waals surface area contributed by atoms with Crippen molar-refractivity contribution >= 4 is 11.6 Å². The Morgan fingerprint density at radius 1 is 0.900 bits per heavy atom. The number of nitrogens with zero attached hydrogens (tertiary/aromatic N) is 2. The number of hydrogen-bond acceptors (Lipinski definition) is 5. The molecular formula is C24H21N3O3. The van der Waals surface area contributed by atoms with Crippen LogP contribution in [0.25, 0.3) is 22.5 Å². The number of ether oxygens (including phenoxy) is 1. The molecule has 2 aromatic carbocycles. The highest BCUT2D eigenvalue weighted by atomic mass is 16.5. The Balaban J connectivity index is 1.53. The first-order valence-electron chi connectivity index (χ1n) is 9.51. The number of amides is 1. The smallest absolute Gasteiger partial charge is 0.261 e. The fraction of sp³-hybridized carbons (Fsp3) is 0.125. The van der Waals surface area contributed by atoms with Gasteiger partial charge in [0.25, 0.3) is 5.91 Å². The number of aryl methyl sites for hydroxylation is 2. The normalized spacial score (nSPS) is 10.6. The van der Waals surface area contributed by atoms with E-state index >= 15 is 0 Å². The largest absolute Gasteiger partial charge is 0.497 e. The monoisotopic (exact) mass is 399 g/mol. The predicted molar refractivity (Wildman–Crippen MR) is 116 cm³/mol. The number of aromatic nitrogens is 2. The maximum absolute atomic E-state index is 12.5. The van der Waals surface area contributed by atoms with E-state index in [2.05, 4.69) is 10.5 Å². The van der Waals surface area contributed by atoms with E-state index in [0.29, 0.717) is 22.7 Å². The lowest BCUT2D eigenvalue weighted by atomic mass is 10.1. The van der Waals surface area contributed by atoms with Crippen molar-refractivity contribution in [2.45, 2.75) is 13.8 Å². The zero-order chi connectivity index (χ0) is 21.1. The SMILES string of the molecule is COc1ccc(-c2cccc(-c3ccc(NC(=O)c4c(C)noc4C)cc3)n2)cc1. The van der Waals surface area contributed by atoms with Gasteiger partial charge in [-0.1, -0.05) is 23.4 Å². The van der Waals surface area contributed by atoms with E-state index in [1.54, 1.807) is 21.0 Å². The summed E-state index contributed by atoms with van der Waals surface area (Å²) in [6.45, 7) is 3.47. The van der Waals surface area contributed by atoms with Crippen LogP contribution in [0.2, 0.25) is 0 Å². The molecule has 2 aromatic heterocycles. The molecule has 0 bridgehead atoms. The molecule has 30 heavy (non-hydrogen) atoms. The van der Waals surface area contributed by atoms with E-state index in [4.69, 9.17) is 14.2 Å². The molecule has 0 aliphatic carbocycles. The van der Waals surface area contributed by atoms with Crippen LogP contribution in [-0.4, -0.2) is 23.2 Å². The molecule has 0 saturated heterocycles. The highest BCUT2D eigenvalue weighted by Gasteiger charge is 2.17. The Labute approximate surface area is 174 Å². The van der Waals surface area contributed by atoms with Crippen LogP contribution in [0.4, 0.5) is 5.69 Å². The van der Waals surface area contributed by atoms with Crippen molar-refractivity contribution in [3.8, 4) is 28.3 Å². The Kier molecular flexibility index (Phi) is 5.30. The van der Waals surface area contributed by atoms with E-state index < -0.39 is 0 Å². The van der Waals surface area contributed by atoms with Gasteiger partial charge in [0, 0.05) is 16.8 Å². The molecule has 0 radical (unpaired) electrons. The van der Waals surface area contributed by atoms with Crippen molar-refractivity contribution in [2.75, 3.05) is 12.4 Å². The van der Waals surface area contributed by atoms with E-state index in [0.717, 1.165) is 28.3 Å². The van der Waals surface area contributed by atoms with Crippen LogP contribution in [-0.2, 0) is 0 Å². The lowest BCUT2D eigenvalue weighted by Gasteiger charge is -2.08. The quantitative estimate of drug-likeness (QED) is 0.494. The fourth-order valence-corrected chi connectivity index (χ4v) is 3.24. The van der Waals surface area contributed by atoms with Gasteiger partial charge in [-0.2, -0.15) is 0 Å². The predicted octanol–water partition coefficient (Wildman–Crippen LogP) is 5.28. The molecule has 6 heteroatoms. The fourth-order valence-electron chi connectivity index (χ4n) is 3.24. The van der Waals surface area contributed by atoms with E-state index in [1.165, 1.54) is 0 Å². The molecule has 150 valence electrons. The summed E-state index contributed by atoms with van der Waals surface area (Å²) >= 11 is 0. The molecule has 4 rings (SSSR count). The molecular weight excluding hydrogens is 378 g/mol. The minimum Gasteiger partial charge on any atom is -0.497 e. The summed E-state index contributed by atoms with van der Waals surface area (Å²) in [6.07, 6.45) is 0. The topological polar surface area (TPSA) is 77.2 Å². The Hall–Kier alpha value is -3.93. The average Bonchev–Trinajstić information content (AvgIpc) is 3.12. The van der Waals surface area contributed by atoms with Crippen LogP contribution in [0.5, 0.6) is 5.75 Å². The number of carbonyl (C=O) groups excluding carboxylic acids is 1. The molecule has 0 aliphatic heterocycles. The number of benzene rings is 2. The highest BCUT2D eigenvalue weighted by Crippen LogP contribution is 2.25. The standard InChI is InChI=1S/C24H21N3O3/c1-15-23(16(2)30-27-15)24(28)25-19-11-7-17(8-12-19)21-5-4-6-22(26-21)18-9-13-20(29-3)14-10-18/h4-14H,1-3H3,(H,25,28). The first-order chi connectivity index (χ1) is 14.5. The minimum atomic E-state index is -0.237. The van der Waals surface area contributed by atoms with Crippen molar-refractivity contribution in [1.29, 1.82) is 0 Å². The van der Waals surface area contributed by atoms with Gasteiger partial charge in [0.05, 0.1) is 24.2 Å². The van der Waals surface area contributed by atoms with Crippen molar-refractivity contribution in [3.05, 3.63) is 83.7 Å². The first-order valence-corrected chi connectivity index (χ1v) is 9.51. The number of nitrogens with one attached hydrogen (secondary N) is 1. The number of pyridine rings is 1. The Morgan fingerprint density at radius 3 is 2.03 bits per heavy atom. The first kappa shape index (κ1) is 19.4. The van der Waals surface area contributed by atoms with E-state index in [9.17, 15) is 4.79 Å². The molecule has 2 heterocycles. The zero-order valence-corrected chi connectivity index (χ0v) is 17.0. The van der Waals surface area contributed by atoms with Crippen molar-refractivity contribution in [3.63, 3.8) is 0 Å². The van der Waals surface area contributed by atoms with Crippen LogP contribution in [0.3, 0.4) is 0 Å².